The van der Waals surface area contributed by atoms with Crippen LogP contribution in [0.2, 0.25) is 0 Å². The SMILES string of the molecule is CCCCC1/C(=N\CC(=O)N2CCc3ccccc3C2)NC(=O)N1CCCn1ccnc1. The quantitative estimate of drug-likeness (QED) is 0.656. The number of aromatic nitrogens is 2. The number of imidazole rings is 1. The van der Waals surface area contributed by atoms with E-state index in [4.69, 9.17) is 0 Å². The first-order valence-corrected chi connectivity index (χ1v) is 11.6. The third kappa shape index (κ3) is 5.18. The highest BCUT2D eigenvalue weighted by Gasteiger charge is 2.35. The maximum Gasteiger partial charge on any atom is 0.323 e. The Labute approximate surface area is 189 Å². The Morgan fingerprint density at radius 1 is 1.22 bits per heavy atom. The zero-order chi connectivity index (χ0) is 22.3. The Kier molecular flexibility index (Phi) is 7.19. The maximum atomic E-state index is 12.8. The molecule has 0 radical (unpaired) electrons. The molecule has 0 aliphatic carbocycles. The summed E-state index contributed by atoms with van der Waals surface area (Å²) in [6, 6.07) is 8.07. The van der Waals surface area contributed by atoms with Gasteiger partial charge < -0.3 is 14.4 Å². The smallest absolute Gasteiger partial charge is 0.323 e. The average Bonchev–Trinajstić information content (AvgIpc) is 3.44. The van der Waals surface area contributed by atoms with Crippen molar-refractivity contribution in [3.05, 3.63) is 54.1 Å². The molecule has 1 saturated heterocycles. The monoisotopic (exact) mass is 436 g/mol. The first-order chi connectivity index (χ1) is 15.7. The zero-order valence-electron chi connectivity index (χ0n) is 18.7. The molecule has 1 aromatic carbocycles. The minimum absolute atomic E-state index is 0.00838. The van der Waals surface area contributed by atoms with Crippen LogP contribution >= 0.6 is 0 Å². The fourth-order valence-corrected chi connectivity index (χ4v) is 4.45. The van der Waals surface area contributed by atoms with Crippen molar-refractivity contribution < 1.29 is 9.59 Å². The Balaban J connectivity index is 1.37. The number of hydrogen-bond donors (Lipinski definition) is 1. The third-order valence-electron chi connectivity index (χ3n) is 6.26. The van der Waals surface area contributed by atoms with Crippen molar-refractivity contribution in [3.63, 3.8) is 0 Å². The Bertz CT molecular complexity index is 955. The van der Waals surface area contributed by atoms with Gasteiger partial charge >= 0.3 is 6.03 Å². The van der Waals surface area contributed by atoms with Crippen molar-refractivity contribution in [3.8, 4) is 0 Å². The van der Waals surface area contributed by atoms with Crippen LogP contribution in [0, 0.1) is 0 Å². The van der Waals surface area contributed by atoms with E-state index in [0.29, 0.717) is 25.5 Å². The number of carbonyl (C=O) groups is 2. The second kappa shape index (κ2) is 10.4. The summed E-state index contributed by atoms with van der Waals surface area (Å²) >= 11 is 0. The number of aryl methyl sites for hydroxylation is 1. The molecule has 4 rings (SSSR count). The van der Waals surface area contributed by atoms with E-state index < -0.39 is 0 Å². The lowest BCUT2D eigenvalue weighted by Gasteiger charge is -2.28. The van der Waals surface area contributed by atoms with Crippen LogP contribution in [0.1, 0.15) is 43.7 Å². The first-order valence-electron chi connectivity index (χ1n) is 11.6. The predicted molar refractivity (Wildman–Crippen MR) is 123 cm³/mol. The van der Waals surface area contributed by atoms with Crippen molar-refractivity contribution in [1.82, 2.24) is 24.7 Å². The molecular weight excluding hydrogens is 404 g/mol. The van der Waals surface area contributed by atoms with Crippen molar-refractivity contribution in [2.75, 3.05) is 19.6 Å². The second-order valence-electron chi connectivity index (χ2n) is 8.47. The van der Waals surface area contributed by atoms with Crippen molar-refractivity contribution in [2.24, 2.45) is 4.99 Å². The van der Waals surface area contributed by atoms with Gasteiger partial charge in [0, 0.05) is 38.6 Å². The number of aliphatic imine (C=N–C) groups is 1. The highest BCUT2D eigenvalue weighted by Crippen LogP contribution is 2.20. The van der Waals surface area contributed by atoms with Crippen LogP contribution in [0.5, 0.6) is 0 Å². The summed E-state index contributed by atoms with van der Waals surface area (Å²) < 4.78 is 2.01. The van der Waals surface area contributed by atoms with E-state index in [9.17, 15) is 9.59 Å². The molecule has 2 aliphatic heterocycles. The van der Waals surface area contributed by atoms with Gasteiger partial charge in [0.1, 0.15) is 12.4 Å². The fraction of sp³-hybridized carbons (Fsp3) is 0.500. The van der Waals surface area contributed by atoms with Gasteiger partial charge in [-0.3, -0.25) is 15.1 Å². The van der Waals surface area contributed by atoms with Crippen LogP contribution in [0.4, 0.5) is 4.79 Å². The normalized spacial score (nSPS) is 19.3. The molecule has 3 amide bonds. The van der Waals surface area contributed by atoms with Gasteiger partial charge in [0.15, 0.2) is 0 Å². The van der Waals surface area contributed by atoms with Crippen LogP contribution in [0.15, 0.2) is 48.0 Å². The molecule has 8 nitrogen and oxygen atoms in total. The molecule has 1 N–H and O–H groups in total. The second-order valence-corrected chi connectivity index (χ2v) is 8.47. The zero-order valence-corrected chi connectivity index (χ0v) is 18.7. The molecule has 1 fully saturated rings. The van der Waals surface area contributed by atoms with Gasteiger partial charge in [0.2, 0.25) is 5.91 Å². The molecule has 170 valence electrons. The summed E-state index contributed by atoms with van der Waals surface area (Å²) in [5, 5.41) is 2.93. The lowest BCUT2D eigenvalue weighted by molar-refractivity contribution is -0.130. The summed E-state index contributed by atoms with van der Waals surface area (Å²) in [6.45, 7) is 5.02. The Hall–Kier alpha value is -3.16. The number of carbonyl (C=O) groups excluding carboxylic acids is 2. The minimum atomic E-state index is -0.116. The molecule has 8 heteroatoms. The van der Waals surface area contributed by atoms with E-state index in [1.54, 1.807) is 12.5 Å². The number of hydrogen-bond acceptors (Lipinski definition) is 4. The maximum absolute atomic E-state index is 12.8. The molecule has 3 heterocycles. The number of amidine groups is 1. The number of urea groups is 1. The van der Waals surface area contributed by atoms with Crippen LogP contribution in [0.25, 0.3) is 0 Å². The van der Waals surface area contributed by atoms with E-state index in [-0.39, 0.29) is 24.5 Å². The topological polar surface area (TPSA) is 82.8 Å². The molecule has 0 saturated carbocycles. The van der Waals surface area contributed by atoms with Crippen molar-refractivity contribution >= 4 is 17.8 Å². The van der Waals surface area contributed by atoms with Gasteiger partial charge in [-0.25, -0.2) is 9.78 Å². The van der Waals surface area contributed by atoms with Crippen LogP contribution in [-0.2, 0) is 24.3 Å². The number of unbranched alkanes of at least 4 members (excludes halogenated alkanes) is 1. The highest BCUT2D eigenvalue weighted by atomic mass is 16.2. The fourth-order valence-electron chi connectivity index (χ4n) is 4.45. The van der Waals surface area contributed by atoms with Crippen LogP contribution < -0.4 is 5.32 Å². The van der Waals surface area contributed by atoms with Crippen LogP contribution in [0.3, 0.4) is 0 Å². The number of fused-ring (bicyclic) bond motifs is 1. The standard InChI is InChI=1S/C24H32N6O2/c1-2-3-9-21-23(27-24(32)30(21)13-6-12-28-15-11-25-18-28)26-16-22(31)29-14-10-19-7-4-5-8-20(19)17-29/h4-5,7-8,11,15,18,21H,2-3,6,9-10,12-14,16-17H2,1H3,(H,26,27,32). The summed E-state index contributed by atoms with van der Waals surface area (Å²) in [6.07, 6.45) is 10.1. The molecule has 1 aromatic heterocycles. The first kappa shape index (κ1) is 22.0. The van der Waals surface area contributed by atoms with Gasteiger partial charge in [-0.05, 0) is 30.4 Å². The summed E-state index contributed by atoms with van der Waals surface area (Å²) in [5.41, 5.74) is 2.52. The average molecular weight is 437 g/mol. The number of nitrogens with one attached hydrogen (secondary N) is 1. The van der Waals surface area contributed by atoms with E-state index in [1.807, 2.05) is 32.7 Å². The molecular formula is C24H32N6O2. The Morgan fingerprint density at radius 2 is 2.06 bits per heavy atom. The molecule has 0 spiro atoms. The molecule has 2 aliphatic rings. The summed E-state index contributed by atoms with van der Waals surface area (Å²) in [7, 11) is 0. The predicted octanol–water partition coefficient (Wildman–Crippen LogP) is 2.84. The minimum Gasteiger partial charge on any atom is -0.337 e. The lowest BCUT2D eigenvalue weighted by Crippen LogP contribution is -2.38. The highest BCUT2D eigenvalue weighted by molar-refractivity contribution is 6.07. The third-order valence-corrected chi connectivity index (χ3v) is 6.26. The molecule has 1 unspecified atom stereocenters. The van der Waals surface area contributed by atoms with E-state index in [0.717, 1.165) is 38.6 Å². The van der Waals surface area contributed by atoms with E-state index >= 15 is 0 Å². The van der Waals surface area contributed by atoms with Gasteiger partial charge in [0.25, 0.3) is 0 Å². The van der Waals surface area contributed by atoms with Crippen LogP contribution in [-0.4, -0.2) is 62.8 Å². The lowest BCUT2D eigenvalue weighted by atomic mass is 10.00. The Morgan fingerprint density at radius 3 is 2.84 bits per heavy atom. The molecule has 0 bridgehead atoms. The van der Waals surface area contributed by atoms with Crippen molar-refractivity contribution in [2.45, 2.75) is 58.2 Å². The molecule has 1 atom stereocenters. The molecule has 2 aromatic rings. The van der Waals surface area contributed by atoms with Gasteiger partial charge in [-0.1, -0.05) is 44.0 Å². The summed E-state index contributed by atoms with van der Waals surface area (Å²) in [5.74, 6) is 0.644. The van der Waals surface area contributed by atoms with Crippen molar-refractivity contribution in [1.29, 1.82) is 0 Å². The largest absolute Gasteiger partial charge is 0.337 e. The molecule has 32 heavy (non-hydrogen) atoms. The summed E-state index contributed by atoms with van der Waals surface area (Å²) in [4.78, 5) is 37.9. The van der Waals surface area contributed by atoms with E-state index in [2.05, 4.69) is 34.3 Å². The van der Waals surface area contributed by atoms with E-state index in [1.165, 1.54) is 11.1 Å². The van der Waals surface area contributed by atoms with Gasteiger partial charge in [-0.2, -0.15) is 0 Å². The number of amides is 3. The number of nitrogens with zero attached hydrogens (tertiary/aromatic N) is 5. The van der Waals surface area contributed by atoms with Gasteiger partial charge in [-0.15, -0.1) is 0 Å². The number of benzene rings is 1. The van der Waals surface area contributed by atoms with Gasteiger partial charge in [0.05, 0.1) is 12.4 Å². The number of rotatable bonds is 9.